The van der Waals surface area contributed by atoms with Crippen LogP contribution in [0.15, 0.2) is 91.0 Å². The predicted octanol–water partition coefficient (Wildman–Crippen LogP) is 4.75. The lowest BCUT2D eigenvalue weighted by Crippen LogP contribution is -2.40. The van der Waals surface area contributed by atoms with Crippen molar-refractivity contribution in [1.29, 1.82) is 0 Å². The van der Waals surface area contributed by atoms with Crippen molar-refractivity contribution < 1.29 is 4.79 Å². The number of carbonyl (C=O) groups excluding carboxylic acids is 1. The zero-order valence-electron chi connectivity index (χ0n) is 15.1. The molecule has 0 aliphatic carbocycles. The fourth-order valence-electron chi connectivity index (χ4n) is 2.97. The summed E-state index contributed by atoms with van der Waals surface area (Å²) in [4.78, 5) is 17.1. The van der Waals surface area contributed by atoms with E-state index in [0.29, 0.717) is 13.1 Å². The lowest BCUT2D eigenvalue weighted by atomic mass is 10.2. The van der Waals surface area contributed by atoms with Gasteiger partial charge >= 0.3 is 0 Å². The molecule has 26 heavy (non-hydrogen) atoms. The summed E-state index contributed by atoms with van der Waals surface area (Å²) >= 11 is 0. The van der Waals surface area contributed by atoms with E-state index in [-0.39, 0.29) is 5.91 Å². The third-order valence-electron chi connectivity index (χ3n) is 4.38. The molecule has 0 saturated carbocycles. The first-order chi connectivity index (χ1) is 12.8. The van der Waals surface area contributed by atoms with E-state index in [2.05, 4.69) is 24.0 Å². The summed E-state index contributed by atoms with van der Waals surface area (Å²) < 4.78 is 0. The second-order valence-corrected chi connectivity index (χ2v) is 6.15. The van der Waals surface area contributed by atoms with Crippen LogP contribution in [0, 0.1) is 0 Å². The van der Waals surface area contributed by atoms with Crippen LogP contribution in [-0.2, 0) is 11.3 Å². The third kappa shape index (κ3) is 4.51. The third-order valence-corrected chi connectivity index (χ3v) is 4.38. The first-order valence-electron chi connectivity index (χ1n) is 8.97. The van der Waals surface area contributed by atoms with Gasteiger partial charge in [0.1, 0.15) is 0 Å². The second-order valence-electron chi connectivity index (χ2n) is 6.15. The number of likely N-dealkylation sites (N-methyl/N-ethyl adjacent to an activating group) is 1. The maximum absolute atomic E-state index is 13.2. The van der Waals surface area contributed by atoms with Crippen molar-refractivity contribution in [2.75, 3.05) is 22.9 Å². The van der Waals surface area contributed by atoms with Crippen LogP contribution in [0.4, 0.5) is 11.4 Å². The summed E-state index contributed by atoms with van der Waals surface area (Å²) in [7, 11) is 0. The number of carbonyl (C=O) groups is 1. The standard InChI is InChI=1S/C23H24N2O/c1-2-24(21-14-8-4-9-15-21)19-23(26)25(22-16-10-5-11-17-22)18-20-12-6-3-7-13-20/h3-17H,2,18-19H2,1H3. The molecule has 0 aromatic heterocycles. The highest BCUT2D eigenvalue weighted by Gasteiger charge is 2.19. The Morgan fingerprint density at radius 2 is 1.23 bits per heavy atom. The Morgan fingerprint density at radius 3 is 1.77 bits per heavy atom. The molecule has 0 atom stereocenters. The fraction of sp³-hybridized carbons (Fsp3) is 0.174. The SMILES string of the molecule is CCN(CC(=O)N(Cc1ccccc1)c1ccccc1)c1ccccc1. The quantitative estimate of drug-likeness (QED) is 0.618. The van der Waals surface area contributed by atoms with Crippen LogP contribution in [-0.4, -0.2) is 19.0 Å². The molecule has 0 aliphatic heterocycles. The maximum atomic E-state index is 13.2. The van der Waals surface area contributed by atoms with E-state index >= 15 is 0 Å². The Balaban J connectivity index is 1.82. The maximum Gasteiger partial charge on any atom is 0.246 e. The first-order valence-corrected chi connectivity index (χ1v) is 8.97. The molecule has 0 N–H and O–H groups in total. The second kappa shape index (κ2) is 8.86. The predicted molar refractivity (Wildman–Crippen MR) is 108 cm³/mol. The number of hydrogen-bond acceptors (Lipinski definition) is 2. The molecule has 0 saturated heterocycles. The Labute approximate surface area is 155 Å². The molecule has 0 radical (unpaired) electrons. The zero-order valence-corrected chi connectivity index (χ0v) is 15.1. The number of amides is 1. The van der Waals surface area contributed by atoms with Crippen molar-refractivity contribution in [3.8, 4) is 0 Å². The molecule has 0 heterocycles. The monoisotopic (exact) mass is 344 g/mol. The molecule has 3 heteroatoms. The Morgan fingerprint density at radius 1 is 0.731 bits per heavy atom. The van der Waals surface area contributed by atoms with E-state index in [4.69, 9.17) is 0 Å². The van der Waals surface area contributed by atoms with E-state index in [1.54, 1.807) is 0 Å². The minimum Gasteiger partial charge on any atom is -0.362 e. The number of hydrogen-bond donors (Lipinski definition) is 0. The van der Waals surface area contributed by atoms with E-state index in [1.165, 1.54) is 0 Å². The Bertz CT molecular complexity index is 803. The molecule has 3 nitrogen and oxygen atoms in total. The molecule has 3 aromatic carbocycles. The number of nitrogens with zero attached hydrogens (tertiary/aromatic N) is 2. The van der Waals surface area contributed by atoms with Gasteiger partial charge in [-0.3, -0.25) is 4.79 Å². The van der Waals surface area contributed by atoms with Crippen LogP contribution >= 0.6 is 0 Å². The summed E-state index contributed by atoms with van der Waals surface area (Å²) in [5, 5.41) is 0. The van der Waals surface area contributed by atoms with Gasteiger partial charge < -0.3 is 9.80 Å². The number of rotatable bonds is 7. The van der Waals surface area contributed by atoms with Gasteiger partial charge in [0.25, 0.3) is 0 Å². The van der Waals surface area contributed by atoms with Gasteiger partial charge in [0.2, 0.25) is 5.91 Å². The fourth-order valence-corrected chi connectivity index (χ4v) is 2.97. The molecular formula is C23H24N2O. The molecule has 0 unspecified atom stereocenters. The Kier molecular flexibility index (Phi) is 6.05. The van der Waals surface area contributed by atoms with Crippen LogP contribution in [0.5, 0.6) is 0 Å². The van der Waals surface area contributed by atoms with E-state index in [9.17, 15) is 4.79 Å². The lowest BCUT2D eigenvalue weighted by molar-refractivity contribution is -0.117. The summed E-state index contributed by atoms with van der Waals surface area (Å²) in [6.45, 7) is 3.77. The van der Waals surface area contributed by atoms with E-state index < -0.39 is 0 Å². The first kappa shape index (κ1) is 17.7. The highest BCUT2D eigenvalue weighted by Crippen LogP contribution is 2.19. The average molecular weight is 344 g/mol. The topological polar surface area (TPSA) is 23.6 Å². The summed E-state index contributed by atoms with van der Waals surface area (Å²) in [6.07, 6.45) is 0. The van der Waals surface area contributed by atoms with Gasteiger partial charge in [-0.2, -0.15) is 0 Å². The molecule has 132 valence electrons. The van der Waals surface area contributed by atoms with Crippen LogP contribution in [0.2, 0.25) is 0 Å². The normalized spacial score (nSPS) is 10.3. The average Bonchev–Trinajstić information content (AvgIpc) is 2.72. The van der Waals surface area contributed by atoms with E-state index in [1.807, 2.05) is 83.8 Å². The number of anilines is 2. The smallest absolute Gasteiger partial charge is 0.246 e. The van der Waals surface area contributed by atoms with Gasteiger partial charge in [0.05, 0.1) is 13.1 Å². The molecular weight excluding hydrogens is 320 g/mol. The number of para-hydroxylation sites is 2. The van der Waals surface area contributed by atoms with Crippen LogP contribution in [0.3, 0.4) is 0 Å². The molecule has 3 rings (SSSR count). The zero-order chi connectivity index (χ0) is 18.2. The van der Waals surface area contributed by atoms with Crippen LogP contribution in [0.1, 0.15) is 12.5 Å². The Hall–Kier alpha value is -3.07. The van der Waals surface area contributed by atoms with Gasteiger partial charge in [-0.1, -0.05) is 66.7 Å². The summed E-state index contributed by atoms with van der Waals surface area (Å²) in [5.74, 6) is 0.0887. The van der Waals surface area contributed by atoms with Crippen LogP contribution in [0.25, 0.3) is 0 Å². The highest BCUT2D eigenvalue weighted by molar-refractivity contribution is 5.96. The van der Waals surface area contributed by atoms with Gasteiger partial charge in [-0.25, -0.2) is 0 Å². The van der Waals surface area contributed by atoms with Crippen molar-refractivity contribution in [1.82, 2.24) is 0 Å². The van der Waals surface area contributed by atoms with E-state index in [0.717, 1.165) is 23.5 Å². The lowest BCUT2D eigenvalue weighted by Gasteiger charge is -2.28. The van der Waals surface area contributed by atoms with Crippen molar-refractivity contribution >= 4 is 17.3 Å². The molecule has 0 spiro atoms. The van der Waals surface area contributed by atoms with Gasteiger partial charge in [0, 0.05) is 17.9 Å². The van der Waals surface area contributed by atoms with Crippen LogP contribution < -0.4 is 9.80 Å². The van der Waals surface area contributed by atoms with Crippen molar-refractivity contribution in [2.24, 2.45) is 0 Å². The molecule has 0 fully saturated rings. The van der Waals surface area contributed by atoms with Crippen molar-refractivity contribution in [2.45, 2.75) is 13.5 Å². The van der Waals surface area contributed by atoms with Crippen molar-refractivity contribution in [3.63, 3.8) is 0 Å². The summed E-state index contributed by atoms with van der Waals surface area (Å²) in [5.41, 5.74) is 3.11. The molecule has 0 aliphatic rings. The highest BCUT2D eigenvalue weighted by atomic mass is 16.2. The summed E-state index contributed by atoms with van der Waals surface area (Å²) in [6, 6.07) is 30.1. The molecule has 0 bridgehead atoms. The minimum absolute atomic E-state index is 0.0887. The van der Waals surface area contributed by atoms with Gasteiger partial charge in [-0.15, -0.1) is 0 Å². The van der Waals surface area contributed by atoms with Gasteiger partial charge in [0.15, 0.2) is 0 Å². The largest absolute Gasteiger partial charge is 0.362 e. The van der Waals surface area contributed by atoms with Crippen molar-refractivity contribution in [3.05, 3.63) is 96.6 Å². The van der Waals surface area contributed by atoms with Gasteiger partial charge in [-0.05, 0) is 36.8 Å². The molecule has 3 aromatic rings. The molecule has 1 amide bonds. The minimum atomic E-state index is 0.0887. The number of benzene rings is 3.